The van der Waals surface area contributed by atoms with Crippen LogP contribution in [-0.4, -0.2) is 25.0 Å². The Bertz CT molecular complexity index is 185. The lowest BCUT2D eigenvalue weighted by Crippen LogP contribution is -2.39. The van der Waals surface area contributed by atoms with Crippen LogP contribution in [0, 0.1) is 5.41 Å². The van der Waals surface area contributed by atoms with Crippen molar-refractivity contribution in [1.29, 1.82) is 0 Å². The Balaban J connectivity index is 2.02. The Hall–Kier alpha value is -0.570. The summed E-state index contributed by atoms with van der Waals surface area (Å²) in [5.74, 6) is 0.0965. The molecule has 0 unspecified atom stereocenters. The number of carbonyl (C=O) groups is 1. The van der Waals surface area contributed by atoms with E-state index in [-0.39, 0.29) is 11.9 Å². The maximum atomic E-state index is 11.2. The van der Waals surface area contributed by atoms with Crippen molar-refractivity contribution in [2.45, 2.75) is 39.7 Å². The van der Waals surface area contributed by atoms with E-state index >= 15 is 0 Å². The van der Waals surface area contributed by atoms with Crippen LogP contribution < -0.4 is 10.6 Å². The van der Waals surface area contributed by atoms with Crippen molar-refractivity contribution in [2.24, 2.45) is 5.41 Å². The summed E-state index contributed by atoms with van der Waals surface area (Å²) >= 11 is 0. The van der Waals surface area contributed by atoms with Crippen LogP contribution in [0.15, 0.2) is 0 Å². The van der Waals surface area contributed by atoms with Crippen molar-refractivity contribution in [3.05, 3.63) is 0 Å². The monoisotopic (exact) mass is 184 g/mol. The zero-order valence-electron chi connectivity index (χ0n) is 8.81. The highest BCUT2D eigenvalue weighted by molar-refractivity contribution is 5.78. The molecule has 1 amide bonds. The molecule has 0 saturated heterocycles. The Morgan fingerprint density at radius 2 is 2.08 bits per heavy atom. The van der Waals surface area contributed by atoms with Gasteiger partial charge in [-0.05, 0) is 32.1 Å². The molecule has 0 atom stereocenters. The Kier molecular flexibility index (Phi) is 3.31. The van der Waals surface area contributed by atoms with E-state index in [1.54, 1.807) is 0 Å². The quantitative estimate of drug-likeness (QED) is 0.666. The second-order valence-corrected chi connectivity index (χ2v) is 4.64. The Morgan fingerprint density at radius 3 is 2.54 bits per heavy atom. The highest BCUT2D eigenvalue weighted by Crippen LogP contribution is 2.43. The topological polar surface area (TPSA) is 41.1 Å². The van der Waals surface area contributed by atoms with Gasteiger partial charge in [-0.3, -0.25) is 4.79 Å². The third-order valence-electron chi connectivity index (χ3n) is 2.39. The van der Waals surface area contributed by atoms with Gasteiger partial charge in [0.1, 0.15) is 0 Å². The van der Waals surface area contributed by atoms with Crippen LogP contribution in [0.3, 0.4) is 0 Å². The Labute approximate surface area is 80.3 Å². The molecule has 0 aromatic heterocycles. The van der Waals surface area contributed by atoms with Gasteiger partial charge < -0.3 is 10.6 Å². The highest BCUT2D eigenvalue weighted by atomic mass is 16.1. The van der Waals surface area contributed by atoms with Gasteiger partial charge in [-0.25, -0.2) is 0 Å². The molecule has 0 radical (unpaired) electrons. The third-order valence-corrected chi connectivity index (χ3v) is 2.39. The second kappa shape index (κ2) is 4.09. The number of rotatable bonds is 5. The standard InChI is InChI=1S/C10H20N2O/c1-8(2)12-9(13)6-11-7-10(3)4-5-10/h8,11H,4-7H2,1-3H3,(H,12,13). The van der Waals surface area contributed by atoms with E-state index in [1.807, 2.05) is 13.8 Å². The number of hydrogen-bond donors (Lipinski definition) is 2. The summed E-state index contributed by atoms with van der Waals surface area (Å²) in [7, 11) is 0. The lowest BCUT2D eigenvalue weighted by atomic mass is 10.1. The molecule has 2 N–H and O–H groups in total. The van der Waals surface area contributed by atoms with Gasteiger partial charge >= 0.3 is 0 Å². The summed E-state index contributed by atoms with van der Waals surface area (Å²) in [6.45, 7) is 7.62. The van der Waals surface area contributed by atoms with Crippen LogP contribution in [0.1, 0.15) is 33.6 Å². The van der Waals surface area contributed by atoms with Crippen LogP contribution in [0.2, 0.25) is 0 Å². The first-order valence-corrected chi connectivity index (χ1v) is 5.02. The summed E-state index contributed by atoms with van der Waals surface area (Å²) in [5.41, 5.74) is 0.484. The molecule has 1 aliphatic carbocycles. The van der Waals surface area contributed by atoms with Crippen molar-refractivity contribution < 1.29 is 4.79 Å². The van der Waals surface area contributed by atoms with Crippen molar-refractivity contribution in [3.8, 4) is 0 Å². The molecule has 3 heteroatoms. The van der Waals surface area contributed by atoms with Crippen LogP contribution in [0.4, 0.5) is 0 Å². The summed E-state index contributed by atoms with van der Waals surface area (Å²) in [4.78, 5) is 11.2. The molecule has 0 aromatic carbocycles. The smallest absolute Gasteiger partial charge is 0.234 e. The maximum Gasteiger partial charge on any atom is 0.234 e. The fourth-order valence-corrected chi connectivity index (χ4v) is 1.24. The van der Waals surface area contributed by atoms with Gasteiger partial charge in [-0.15, -0.1) is 0 Å². The maximum absolute atomic E-state index is 11.2. The van der Waals surface area contributed by atoms with Gasteiger partial charge in [-0.2, -0.15) is 0 Å². The average Bonchev–Trinajstić information content (AvgIpc) is 2.66. The summed E-state index contributed by atoms with van der Waals surface area (Å²) in [6, 6.07) is 0.241. The molecule has 13 heavy (non-hydrogen) atoms. The third kappa shape index (κ3) is 4.27. The minimum atomic E-state index is 0.0965. The van der Waals surface area contributed by atoms with Crippen molar-refractivity contribution in [3.63, 3.8) is 0 Å². The van der Waals surface area contributed by atoms with Crippen LogP contribution >= 0.6 is 0 Å². The molecule has 76 valence electrons. The van der Waals surface area contributed by atoms with E-state index in [4.69, 9.17) is 0 Å². The first-order valence-electron chi connectivity index (χ1n) is 5.02. The summed E-state index contributed by atoms with van der Waals surface area (Å²) in [5, 5.41) is 6.03. The minimum absolute atomic E-state index is 0.0965. The number of nitrogens with one attached hydrogen (secondary N) is 2. The lowest BCUT2D eigenvalue weighted by Gasteiger charge is -2.11. The highest BCUT2D eigenvalue weighted by Gasteiger charge is 2.36. The zero-order valence-corrected chi connectivity index (χ0v) is 8.81. The Morgan fingerprint density at radius 1 is 1.46 bits per heavy atom. The van der Waals surface area contributed by atoms with Gasteiger partial charge in [0.15, 0.2) is 0 Å². The average molecular weight is 184 g/mol. The van der Waals surface area contributed by atoms with Crippen LogP contribution in [0.25, 0.3) is 0 Å². The fourth-order valence-electron chi connectivity index (χ4n) is 1.24. The zero-order chi connectivity index (χ0) is 9.90. The van der Waals surface area contributed by atoms with Crippen molar-refractivity contribution >= 4 is 5.91 Å². The molecule has 1 fully saturated rings. The summed E-state index contributed by atoms with van der Waals surface area (Å²) in [6.07, 6.45) is 2.59. The predicted molar refractivity (Wildman–Crippen MR) is 53.5 cm³/mol. The van der Waals surface area contributed by atoms with E-state index in [9.17, 15) is 4.79 Å². The molecule has 1 rings (SSSR count). The molecule has 0 bridgehead atoms. The molecule has 0 aromatic rings. The van der Waals surface area contributed by atoms with Crippen LogP contribution in [0.5, 0.6) is 0 Å². The molecular formula is C10H20N2O. The van der Waals surface area contributed by atoms with Gasteiger partial charge in [-0.1, -0.05) is 6.92 Å². The molecular weight excluding hydrogens is 164 g/mol. The van der Waals surface area contributed by atoms with Crippen molar-refractivity contribution in [2.75, 3.05) is 13.1 Å². The van der Waals surface area contributed by atoms with Gasteiger partial charge in [0.05, 0.1) is 6.54 Å². The lowest BCUT2D eigenvalue weighted by molar-refractivity contribution is -0.120. The SMILES string of the molecule is CC(C)NC(=O)CNCC1(C)CC1. The minimum Gasteiger partial charge on any atom is -0.353 e. The molecule has 3 nitrogen and oxygen atoms in total. The van der Waals surface area contributed by atoms with E-state index in [0.29, 0.717) is 12.0 Å². The molecule has 0 aliphatic heterocycles. The number of amides is 1. The summed E-state index contributed by atoms with van der Waals surface area (Å²) < 4.78 is 0. The fraction of sp³-hybridized carbons (Fsp3) is 0.900. The van der Waals surface area contributed by atoms with Gasteiger partial charge in [0.25, 0.3) is 0 Å². The first kappa shape index (κ1) is 10.5. The first-order chi connectivity index (χ1) is 6.02. The van der Waals surface area contributed by atoms with Gasteiger partial charge in [0.2, 0.25) is 5.91 Å². The van der Waals surface area contributed by atoms with E-state index < -0.39 is 0 Å². The molecule has 0 heterocycles. The largest absolute Gasteiger partial charge is 0.353 e. The normalized spacial score (nSPS) is 18.8. The van der Waals surface area contributed by atoms with Gasteiger partial charge in [0, 0.05) is 12.6 Å². The van der Waals surface area contributed by atoms with E-state index in [0.717, 1.165) is 6.54 Å². The van der Waals surface area contributed by atoms with E-state index in [1.165, 1.54) is 12.8 Å². The number of carbonyl (C=O) groups excluding carboxylic acids is 1. The van der Waals surface area contributed by atoms with Crippen LogP contribution in [-0.2, 0) is 4.79 Å². The predicted octanol–water partition coefficient (Wildman–Crippen LogP) is 0.901. The molecule has 1 aliphatic rings. The number of hydrogen-bond acceptors (Lipinski definition) is 2. The molecule has 1 saturated carbocycles. The van der Waals surface area contributed by atoms with Crippen molar-refractivity contribution in [1.82, 2.24) is 10.6 Å². The second-order valence-electron chi connectivity index (χ2n) is 4.64. The van der Waals surface area contributed by atoms with E-state index in [2.05, 4.69) is 17.6 Å². The molecule has 0 spiro atoms.